The van der Waals surface area contributed by atoms with E-state index in [2.05, 4.69) is 10.3 Å². The highest BCUT2D eigenvalue weighted by molar-refractivity contribution is 8.26. The molecule has 0 unspecified atom stereocenters. The fraction of sp³-hybridized carbons (Fsp3) is 0.176. The van der Waals surface area contributed by atoms with E-state index in [-0.39, 0.29) is 24.8 Å². The zero-order valence-corrected chi connectivity index (χ0v) is 16.2. The fourth-order valence-corrected chi connectivity index (χ4v) is 4.14. The van der Waals surface area contributed by atoms with E-state index in [1.54, 1.807) is 24.8 Å². The van der Waals surface area contributed by atoms with Crippen LogP contribution in [0.1, 0.15) is 12.0 Å². The van der Waals surface area contributed by atoms with Gasteiger partial charge in [0.25, 0.3) is 5.91 Å². The van der Waals surface area contributed by atoms with E-state index in [0.717, 1.165) is 5.56 Å². The highest BCUT2D eigenvalue weighted by Crippen LogP contribution is 2.34. The molecule has 1 saturated heterocycles. The topological polar surface area (TPSA) is 71.5 Å². The predicted octanol–water partition coefficient (Wildman–Crippen LogP) is 3.38. The summed E-state index contributed by atoms with van der Waals surface area (Å²) in [5.74, 6) is 0.274. The van der Waals surface area contributed by atoms with Gasteiger partial charge in [0.1, 0.15) is 10.1 Å². The summed E-state index contributed by atoms with van der Waals surface area (Å²) in [6, 6.07) is 7.43. The number of hydrogen-bond acceptors (Lipinski definition) is 7. The number of amides is 2. The number of para-hydroxylation sites is 1. The predicted molar refractivity (Wildman–Crippen MR) is 108 cm³/mol. The van der Waals surface area contributed by atoms with Crippen molar-refractivity contribution in [3.8, 4) is 5.75 Å². The lowest BCUT2D eigenvalue weighted by Crippen LogP contribution is -2.31. The summed E-state index contributed by atoms with van der Waals surface area (Å²) in [6.07, 6.45) is 3.52. The van der Waals surface area contributed by atoms with Crippen LogP contribution in [0.4, 0.5) is 5.13 Å². The number of benzene rings is 1. The van der Waals surface area contributed by atoms with Gasteiger partial charge in [-0.25, -0.2) is 4.98 Å². The maximum atomic E-state index is 12.6. The van der Waals surface area contributed by atoms with E-state index < -0.39 is 0 Å². The van der Waals surface area contributed by atoms with E-state index in [0.29, 0.717) is 20.1 Å². The van der Waals surface area contributed by atoms with Crippen LogP contribution in [0, 0.1) is 0 Å². The molecule has 134 valence electrons. The first-order valence-corrected chi connectivity index (χ1v) is 9.76. The van der Waals surface area contributed by atoms with Gasteiger partial charge in [0.05, 0.1) is 12.0 Å². The number of carbonyl (C=O) groups excluding carboxylic acids is 2. The number of thiocarbonyl (C=S) groups is 1. The Balaban J connectivity index is 1.65. The Kier molecular flexibility index (Phi) is 6.02. The Morgan fingerprint density at radius 2 is 2.23 bits per heavy atom. The number of rotatable bonds is 6. The lowest BCUT2D eigenvalue weighted by Gasteiger charge is -2.13. The van der Waals surface area contributed by atoms with E-state index in [9.17, 15) is 9.59 Å². The second-order valence-electron chi connectivity index (χ2n) is 5.21. The Hall–Kier alpha value is -2.23. The van der Waals surface area contributed by atoms with Gasteiger partial charge in [-0.3, -0.25) is 14.5 Å². The molecular weight excluding hydrogens is 390 g/mol. The molecule has 3 rings (SSSR count). The molecule has 0 atom stereocenters. The van der Waals surface area contributed by atoms with Crippen molar-refractivity contribution in [2.45, 2.75) is 6.42 Å². The minimum atomic E-state index is -0.206. The maximum Gasteiger partial charge on any atom is 0.266 e. The van der Waals surface area contributed by atoms with Gasteiger partial charge < -0.3 is 10.1 Å². The number of nitrogens with zero attached hydrogens (tertiary/aromatic N) is 2. The van der Waals surface area contributed by atoms with Crippen LogP contribution in [0.15, 0.2) is 40.7 Å². The number of hydrogen-bond donors (Lipinski definition) is 1. The summed E-state index contributed by atoms with van der Waals surface area (Å²) in [6.45, 7) is 0.227. The highest BCUT2D eigenvalue weighted by atomic mass is 32.2. The molecule has 6 nitrogen and oxygen atoms in total. The molecular formula is C17H15N3O3S3. The fourth-order valence-electron chi connectivity index (χ4n) is 2.30. The molecule has 0 spiro atoms. The van der Waals surface area contributed by atoms with Gasteiger partial charge in [0.15, 0.2) is 5.13 Å². The molecule has 0 radical (unpaired) electrons. The van der Waals surface area contributed by atoms with Gasteiger partial charge in [-0.05, 0) is 12.1 Å². The minimum absolute atomic E-state index is 0.147. The number of thiazole rings is 1. The number of aromatic nitrogens is 1. The molecule has 9 heteroatoms. The van der Waals surface area contributed by atoms with Gasteiger partial charge in [-0.15, -0.1) is 11.3 Å². The van der Waals surface area contributed by atoms with E-state index in [1.807, 2.05) is 24.3 Å². The molecule has 1 aromatic carbocycles. The monoisotopic (exact) mass is 405 g/mol. The van der Waals surface area contributed by atoms with Gasteiger partial charge in [-0.1, -0.05) is 42.2 Å². The molecule has 26 heavy (non-hydrogen) atoms. The van der Waals surface area contributed by atoms with Crippen molar-refractivity contribution in [1.82, 2.24) is 9.88 Å². The number of thioether (sulfide) groups is 1. The van der Waals surface area contributed by atoms with Crippen molar-refractivity contribution in [2.75, 3.05) is 19.0 Å². The van der Waals surface area contributed by atoms with Crippen molar-refractivity contribution >= 4 is 62.7 Å². The molecule has 0 bridgehead atoms. The lowest BCUT2D eigenvalue weighted by molar-refractivity contribution is -0.122. The van der Waals surface area contributed by atoms with Gasteiger partial charge in [-0.2, -0.15) is 0 Å². The van der Waals surface area contributed by atoms with E-state index >= 15 is 0 Å². The number of carbonyl (C=O) groups is 2. The van der Waals surface area contributed by atoms with E-state index in [1.165, 1.54) is 28.0 Å². The largest absolute Gasteiger partial charge is 0.496 e. The summed E-state index contributed by atoms with van der Waals surface area (Å²) in [4.78, 5) is 30.5. The summed E-state index contributed by atoms with van der Waals surface area (Å²) < 4.78 is 5.75. The highest BCUT2D eigenvalue weighted by Gasteiger charge is 2.32. The normalized spacial score (nSPS) is 15.6. The second kappa shape index (κ2) is 8.43. The molecule has 2 amide bonds. The number of anilines is 1. The molecule has 0 aliphatic carbocycles. The van der Waals surface area contributed by atoms with Crippen molar-refractivity contribution in [3.63, 3.8) is 0 Å². The number of ether oxygens (including phenoxy) is 1. The Morgan fingerprint density at radius 3 is 2.96 bits per heavy atom. The smallest absolute Gasteiger partial charge is 0.266 e. The van der Waals surface area contributed by atoms with Crippen LogP contribution >= 0.6 is 35.3 Å². The standard InChI is InChI=1S/C17H15N3O3S3/c1-23-12-5-3-2-4-11(12)10-13-15(22)20(17(24)26-13)8-6-14(21)19-16-18-7-9-25-16/h2-5,7,9-10H,6,8H2,1H3,(H,18,19,21)/b13-10-. The maximum absolute atomic E-state index is 12.6. The van der Waals surface area contributed by atoms with Crippen molar-refractivity contribution < 1.29 is 14.3 Å². The molecule has 1 aliphatic rings. The number of methoxy groups -OCH3 is 1. The third-order valence-corrected chi connectivity index (χ3v) is 5.61. The molecule has 0 saturated carbocycles. The van der Waals surface area contributed by atoms with Gasteiger partial charge in [0, 0.05) is 30.1 Å². The third kappa shape index (κ3) is 4.29. The van der Waals surface area contributed by atoms with Crippen molar-refractivity contribution in [3.05, 3.63) is 46.3 Å². The molecule has 2 heterocycles. The van der Waals surface area contributed by atoms with Crippen LogP contribution in [0.3, 0.4) is 0 Å². The first-order valence-electron chi connectivity index (χ1n) is 7.66. The molecule has 2 aromatic rings. The Bertz CT molecular complexity index is 865. The van der Waals surface area contributed by atoms with Gasteiger partial charge >= 0.3 is 0 Å². The summed E-state index contributed by atoms with van der Waals surface area (Å²) >= 11 is 7.86. The first kappa shape index (κ1) is 18.6. The average molecular weight is 406 g/mol. The second-order valence-corrected chi connectivity index (χ2v) is 7.78. The zero-order chi connectivity index (χ0) is 18.5. The Morgan fingerprint density at radius 1 is 1.42 bits per heavy atom. The number of nitrogens with one attached hydrogen (secondary N) is 1. The van der Waals surface area contributed by atoms with Crippen LogP contribution in [-0.2, 0) is 9.59 Å². The van der Waals surface area contributed by atoms with Crippen LogP contribution in [0.5, 0.6) is 5.75 Å². The van der Waals surface area contributed by atoms with Crippen molar-refractivity contribution in [2.24, 2.45) is 0 Å². The molecule has 1 fully saturated rings. The van der Waals surface area contributed by atoms with Crippen LogP contribution in [0.25, 0.3) is 6.08 Å². The van der Waals surface area contributed by atoms with Gasteiger partial charge in [0.2, 0.25) is 5.91 Å². The van der Waals surface area contributed by atoms with Crippen LogP contribution < -0.4 is 10.1 Å². The lowest BCUT2D eigenvalue weighted by atomic mass is 10.2. The van der Waals surface area contributed by atoms with Crippen molar-refractivity contribution in [1.29, 1.82) is 0 Å². The minimum Gasteiger partial charge on any atom is -0.496 e. The summed E-state index contributed by atoms with van der Waals surface area (Å²) in [7, 11) is 1.58. The molecule has 1 aromatic heterocycles. The van der Waals surface area contributed by atoms with Crippen LogP contribution in [-0.4, -0.2) is 39.7 Å². The quantitative estimate of drug-likeness (QED) is 0.587. The summed E-state index contributed by atoms with van der Waals surface area (Å²) in [5.41, 5.74) is 0.803. The molecule has 1 N–H and O–H groups in total. The average Bonchev–Trinajstić information content (AvgIpc) is 3.22. The summed E-state index contributed by atoms with van der Waals surface area (Å²) in [5, 5.41) is 5.01. The third-order valence-electron chi connectivity index (χ3n) is 3.54. The zero-order valence-electron chi connectivity index (χ0n) is 13.8. The Labute approximate surface area is 164 Å². The first-order chi connectivity index (χ1) is 12.6. The molecule has 1 aliphatic heterocycles. The van der Waals surface area contributed by atoms with Crippen LogP contribution in [0.2, 0.25) is 0 Å². The van der Waals surface area contributed by atoms with E-state index in [4.69, 9.17) is 17.0 Å². The SMILES string of the molecule is COc1ccccc1/C=C1\SC(=S)N(CCC(=O)Nc2nccs2)C1=O.